The third kappa shape index (κ3) is 4.22. The van der Waals surface area contributed by atoms with E-state index in [0.29, 0.717) is 5.69 Å². The predicted molar refractivity (Wildman–Crippen MR) is 93.3 cm³/mol. The third-order valence-electron chi connectivity index (χ3n) is 3.96. The second-order valence-corrected chi connectivity index (χ2v) is 5.89. The highest BCUT2D eigenvalue weighted by atomic mass is 16.5. The summed E-state index contributed by atoms with van der Waals surface area (Å²) in [6.07, 6.45) is 1.38. The first-order valence-electron chi connectivity index (χ1n) is 8.04. The molecule has 1 amide bonds. The van der Waals surface area contributed by atoms with E-state index in [9.17, 15) is 14.7 Å². The van der Waals surface area contributed by atoms with Crippen LogP contribution in [0.5, 0.6) is 0 Å². The number of rotatable bonds is 6. The maximum atomic E-state index is 12.7. The Labute approximate surface area is 146 Å². The van der Waals surface area contributed by atoms with Crippen molar-refractivity contribution in [3.05, 3.63) is 65.0 Å². The molecule has 2 aromatic rings. The molecule has 6 heteroatoms. The largest absolute Gasteiger partial charge is 0.462 e. The van der Waals surface area contributed by atoms with E-state index in [-0.39, 0.29) is 24.3 Å². The van der Waals surface area contributed by atoms with Gasteiger partial charge >= 0.3 is 5.97 Å². The molecule has 0 bridgehead atoms. The van der Waals surface area contributed by atoms with Gasteiger partial charge in [0.05, 0.1) is 35.6 Å². The first-order valence-corrected chi connectivity index (χ1v) is 8.04. The average molecular weight is 342 g/mol. The number of hydrogen-bond acceptors (Lipinski definition) is 5. The van der Waals surface area contributed by atoms with Gasteiger partial charge in [-0.1, -0.05) is 30.3 Å². The highest BCUT2D eigenvalue weighted by molar-refractivity contribution is 5.98. The summed E-state index contributed by atoms with van der Waals surface area (Å²) in [6.45, 7) is 5.10. The van der Waals surface area contributed by atoms with Crippen molar-refractivity contribution in [2.45, 2.75) is 26.3 Å². The van der Waals surface area contributed by atoms with Crippen LogP contribution in [0.15, 0.2) is 42.6 Å². The summed E-state index contributed by atoms with van der Waals surface area (Å²) in [5.74, 6) is -0.950. The monoisotopic (exact) mass is 342 g/mol. The highest BCUT2D eigenvalue weighted by Crippen LogP contribution is 2.21. The van der Waals surface area contributed by atoms with Crippen LogP contribution in [-0.2, 0) is 10.3 Å². The minimum Gasteiger partial charge on any atom is -0.462 e. The van der Waals surface area contributed by atoms with Crippen LogP contribution in [0, 0.1) is 6.92 Å². The molecule has 2 N–H and O–H groups in total. The molecule has 0 spiro atoms. The van der Waals surface area contributed by atoms with Crippen LogP contribution >= 0.6 is 0 Å². The van der Waals surface area contributed by atoms with E-state index in [1.54, 1.807) is 20.8 Å². The van der Waals surface area contributed by atoms with Crippen molar-refractivity contribution in [3.63, 3.8) is 0 Å². The van der Waals surface area contributed by atoms with Gasteiger partial charge in [0.25, 0.3) is 5.91 Å². The normalized spacial score (nSPS) is 13.0. The van der Waals surface area contributed by atoms with Gasteiger partial charge in [0.1, 0.15) is 0 Å². The summed E-state index contributed by atoms with van der Waals surface area (Å²) in [4.78, 5) is 28.7. The number of aryl methyl sites for hydroxylation is 1. The lowest BCUT2D eigenvalue weighted by atomic mass is 9.92. The number of ether oxygens (including phenoxy) is 1. The summed E-state index contributed by atoms with van der Waals surface area (Å²) < 4.78 is 4.94. The molecule has 1 unspecified atom stereocenters. The molecule has 1 aromatic heterocycles. The van der Waals surface area contributed by atoms with Gasteiger partial charge in [0.15, 0.2) is 0 Å². The minimum absolute atomic E-state index is 0.211. The van der Waals surface area contributed by atoms with Gasteiger partial charge < -0.3 is 15.2 Å². The van der Waals surface area contributed by atoms with E-state index in [4.69, 9.17) is 4.74 Å². The number of nitrogens with zero attached hydrogens (tertiary/aromatic N) is 1. The number of aromatic nitrogens is 1. The molecule has 25 heavy (non-hydrogen) atoms. The number of carbonyl (C=O) groups excluding carboxylic acids is 2. The van der Waals surface area contributed by atoms with Gasteiger partial charge in [-0.2, -0.15) is 0 Å². The fraction of sp³-hybridized carbons (Fsp3) is 0.316. The zero-order valence-electron chi connectivity index (χ0n) is 14.6. The summed E-state index contributed by atoms with van der Waals surface area (Å²) in [6, 6.07) is 10.7. The summed E-state index contributed by atoms with van der Waals surface area (Å²) in [5.41, 5.74) is 0.783. The van der Waals surface area contributed by atoms with Crippen molar-refractivity contribution in [1.82, 2.24) is 10.3 Å². The molecule has 2 rings (SSSR count). The lowest BCUT2D eigenvalue weighted by Crippen LogP contribution is -2.46. The van der Waals surface area contributed by atoms with Crippen molar-refractivity contribution in [2.24, 2.45) is 0 Å². The average Bonchev–Trinajstić information content (AvgIpc) is 2.62. The van der Waals surface area contributed by atoms with E-state index in [0.717, 1.165) is 5.56 Å². The molecule has 1 heterocycles. The molecular weight excluding hydrogens is 320 g/mol. The van der Waals surface area contributed by atoms with E-state index in [2.05, 4.69) is 10.3 Å². The van der Waals surface area contributed by atoms with Crippen molar-refractivity contribution < 1.29 is 19.4 Å². The van der Waals surface area contributed by atoms with Crippen LogP contribution < -0.4 is 5.32 Å². The SMILES string of the molecule is CCOC(=O)c1cnc(C)c(C(=O)NC(C)(CO)c2ccccc2)c1. The van der Waals surface area contributed by atoms with Crippen LogP contribution in [0.3, 0.4) is 0 Å². The molecule has 0 aliphatic rings. The second-order valence-electron chi connectivity index (χ2n) is 5.89. The minimum atomic E-state index is -0.954. The van der Waals surface area contributed by atoms with Crippen molar-refractivity contribution >= 4 is 11.9 Å². The van der Waals surface area contributed by atoms with Crippen LogP contribution in [-0.4, -0.2) is 35.2 Å². The Hall–Kier alpha value is -2.73. The molecule has 0 saturated heterocycles. The summed E-state index contributed by atoms with van der Waals surface area (Å²) in [7, 11) is 0. The molecule has 0 saturated carbocycles. The van der Waals surface area contributed by atoms with E-state index in [1.165, 1.54) is 12.3 Å². The fourth-order valence-corrected chi connectivity index (χ4v) is 2.42. The fourth-order valence-electron chi connectivity index (χ4n) is 2.42. The number of nitrogens with one attached hydrogen (secondary N) is 1. The van der Waals surface area contributed by atoms with Crippen molar-refractivity contribution in [1.29, 1.82) is 0 Å². The molecule has 6 nitrogen and oxygen atoms in total. The predicted octanol–water partition coefficient (Wildman–Crippen LogP) is 2.20. The van der Waals surface area contributed by atoms with E-state index < -0.39 is 17.4 Å². The van der Waals surface area contributed by atoms with Crippen molar-refractivity contribution in [3.8, 4) is 0 Å². The number of amides is 1. The second kappa shape index (κ2) is 7.90. The Morgan fingerprint density at radius 2 is 1.96 bits per heavy atom. The molecule has 0 radical (unpaired) electrons. The first-order chi connectivity index (χ1) is 11.9. The van der Waals surface area contributed by atoms with Crippen LogP contribution in [0.25, 0.3) is 0 Å². The quantitative estimate of drug-likeness (QED) is 0.786. The zero-order chi connectivity index (χ0) is 18.4. The Bertz CT molecular complexity index is 761. The number of carbonyl (C=O) groups is 2. The topological polar surface area (TPSA) is 88.5 Å². The van der Waals surface area contributed by atoms with Crippen LogP contribution in [0.4, 0.5) is 0 Å². The number of pyridine rings is 1. The van der Waals surface area contributed by atoms with Gasteiger partial charge in [-0.05, 0) is 32.4 Å². The Kier molecular flexibility index (Phi) is 5.88. The summed E-state index contributed by atoms with van der Waals surface area (Å²) in [5, 5.41) is 12.6. The molecule has 0 fully saturated rings. The van der Waals surface area contributed by atoms with E-state index in [1.807, 2.05) is 30.3 Å². The molecule has 0 aliphatic heterocycles. The van der Waals surface area contributed by atoms with Gasteiger partial charge in [0, 0.05) is 6.20 Å². The lowest BCUT2D eigenvalue weighted by Gasteiger charge is -2.29. The van der Waals surface area contributed by atoms with Crippen LogP contribution in [0.2, 0.25) is 0 Å². The number of aliphatic hydroxyl groups is 1. The maximum Gasteiger partial charge on any atom is 0.339 e. The number of aliphatic hydroxyl groups excluding tert-OH is 1. The first kappa shape index (κ1) is 18.6. The summed E-state index contributed by atoms with van der Waals surface area (Å²) >= 11 is 0. The van der Waals surface area contributed by atoms with Crippen molar-refractivity contribution in [2.75, 3.05) is 13.2 Å². The molecule has 1 aromatic carbocycles. The standard InChI is InChI=1S/C19H22N2O4/c1-4-25-18(24)14-10-16(13(2)20-11-14)17(23)21-19(3,12-22)15-8-6-5-7-9-15/h5-11,22H,4,12H2,1-3H3,(H,21,23). The van der Waals surface area contributed by atoms with E-state index >= 15 is 0 Å². The molecule has 0 aliphatic carbocycles. The molecule has 132 valence electrons. The Morgan fingerprint density at radius 3 is 2.56 bits per heavy atom. The number of hydrogen-bond donors (Lipinski definition) is 2. The molecular formula is C19H22N2O4. The maximum absolute atomic E-state index is 12.7. The number of benzene rings is 1. The Morgan fingerprint density at radius 1 is 1.28 bits per heavy atom. The van der Waals surface area contributed by atoms with Gasteiger partial charge in [-0.3, -0.25) is 9.78 Å². The smallest absolute Gasteiger partial charge is 0.339 e. The third-order valence-corrected chi connectivity index (χ3v) is 3.96. The van der Waals surface area contributed by atoms with Gasteiger partial charge in [-0.15, -0.1) is 0 Å². The zero-order valence-corrected chi connectivity index (χ0v) is 14.6. The number of esters is 1. The van der Waals surface area contributed by atoms with Crippen LogP contribution in [0.1, 0.15) is 45.8 Å². The van der Waals surface area contributed by atoms with Gasteiger partial charge in [-0.25, -0.2) is 4.79 Å². The highest BCUT2D eigenvalue weighted by Gasteiger charge is 2.29. The van der Waals surface area contributed by atoms with Gasteiger partial charge in [0.2, 0.25) is 0 Å². The molecule has 1 atom stereocenters. The lowest BCUT2D eigenvalue weighted by molar-refractivity contribution is 0.0526. The Balaban J connectivity index is 2.31.